The summed E-state index contributed by atoms with van der Waals surface area (Å²) in [7, 11) is 0. The van der Waals surface area contributed by atoms with Gasteiger partial charge in [-0.15, -0.1) is 0 Å². The second-order valence-corrected chi connectivity index (χ2v) is 5.03. The lowest BCUT2D eigenvalue weighted by molar-refractivity contribution is 0.407. The van der Waals surface area contributed by atoms with E-state index in [1.165, 1.54) is 0 Å². The van der Waals surface area contributed by atoms with Crippen molar-refractivity contribution in [2.24, 2.45) is 0 Å². The first-order valence-corrected chi connectivity index (χ1v) is 6.68. The summed E-state index contributed by atoms with van der Waals surface area (Å²) in [5.74, 6) is -3.15. The van der Waals surface area contributed by atoms with Gasteiger partial charge < -0.3 is 4.74 Å². The van der Waals surface area contributed by atoms with Crippen molar-refractivity contribution < 1.29 is 13.5 Å². The third kappa shape index (κ3) is 2.67. The molecule has 0 atom stereocenters. The molecule has 0 N–H and O–H groups in total. The van der Waals surface area contributed by atoms with Gasteiger partial charge in [0.2, 0.25) is 0 Å². The van der Waals surface area contributed by atoms with Gasteiger partial charge >= 0.3 is 0 Å². The fourth-order valence-electron chi connectivity index (χ4n) is 1.62. The van der Waals surface area contributed by atoms with Crippen molar-refractivity contribution in [1.82, 2.24) is 0 Å². The Hall–Kier alpha value is -2.05. The lowest BCUT2D eigenvalue weighted by Gasteiger charge is -2.14. The zero-order valence-corrected chi connectivity index (χ0v) is 12.7. The van der Waals surface area contributed by atoms with Crippen LogP contribution in [0.1, 0.15) is 11.1 Å². The van der Waals surface area contributed by atoms with E-state index in [0.29, 0.717) is 0 Å². The van der Waals surface area contributed by atoms with Crippen LogP contribution in [-0.4, -0.2) is 0 Å². The molecule has 22 heavy (non-hydrogen) atoms. The Kier molecular flexibility index (Phi) is 4.73. The minimum absolute atomic E-state index is 0.250. The summed E-state index contributed by atoms with van der Waals surface area (Å²) in [6.45, 7) is 0. The van der Waals surface area contributed by atoms with Crippen molar-refractivity contribution in [3.05, 3.63) is 56.0 Å². The average molecular weight is 360 g/mol. The summed E-state index contributed by atoms with van der Waals surface area (Å²) in [6.07, 6.45) is 0. The molecule has 0 heterocycles. The molecule has 110 valence electrons. The van der Waals surface area contributed by atoms with Gasteiger partial charge in [0.1, 0.15) is 22.2 Å². The lowest BCUT2D eigenvalue weighted by atomic mass is 10.1. The van der Waals surface area contributed by atoms with Crippen LogP contribution < -0.4 is 4.74 Å². The van der Waals surface area contributed by atoms with E-state index in [-0.39, 0.29) is 26.2 Å². The van der Waals surface area contributed by atoms with E-state index in [4.69, 9.17) is 50.1 Å². The number of hydrogen-bond acceptors (Lipinski definition) is 3. The first-order valence-electron chi connectivity index (χ1n) is 5.54. The highest BCUT2D eigenvalue weighted by atomic mass is 35.5. The van der Waals surface area contributed by atoms with E-state index in [9.17, 15) is 8.78 Å². The van der Waals surface area contributed by atoms with Crippen molar-refractivity contribution in [3.63, 3.8) is 0 Å². The SMILES string of the molecule is N#Cc1c(Cl)c(Cl)c(Oc2c(F)cccc2F)c(Cl)c1C#N. The van der Waals surface area contributed by atoms with Gasteiger partial charge in [0, 0.05) is 0 Å². The molecular formula is C14H3Cl3F2N2O. The summed E-state index contributed by atoms with van der Waals surface area (Å²) in [4.78, 5) is 0. The summed E-state index contributed by atoms with van der Waals surface area (Å²) < 4.78 is 32.3. The number of para-hydroxylation sites is 1. The highest BCUT2D eigenvalue weighted by Crippen LogP contribution is 2.45. The highest BCUT2D eigenvalue weighted by Gasteiger charge is 2.24. The van der Waals surface area contributed by atoms with Crippen molar-refractivity contribution in [2.75, 3.05) is 0 Å². The smallest absolute Gasteiger partial charge is 0.198 e. The van der Waals surface area contributed by atoms with Crippen LogP contribution >= 0.6 is 34.8 Å². The minimum atomic E-state index is -0.994. The van der Waals surface area contributed by atoms with Gasteiger partial charge in [0.05, 0.1) is 16.1 Å². The molecule has 3 nitrogen and oxygen atoms in total. The van der Waals surface area contributed by atoms with E-state index in [1.807, 2.05) is 0 Å². The van der Waals surface area contributed by atoms with E-state index in [2.05, 4.69) is 0 Å². The Balaban J connectivity index is 2.71. The van der Waals surface area contributed by atoms with E-state index >= 15 is 0 Å². The molecular weight excluding hydrogens is 357 g/mol. The number of hydrogen-bond donors (Lipinski definition) is 0. The van der Waals surface area contributed by atoms with Gasteiger partial charge in [0.15, 0.2) is 23.1 Å². The number of nitriles is 2. The average Bonchev–Trinajstić information content (AvgIpc) is 2.49. The fraction of sp³-hybridized carbons (Fsp3) is 0. The Labute approximate surface area is 138 Å². The second kappa shape index (κ2) is 6.37. The molecule has 2 rings (SSSR count). The summed E-state index contributed by atoms with van der Waals surface area (Å²) in [5, 5.41) is 17.1. The molecule has 0 aliphatic rings. The normalized spacial score (nSPS) is 9.95. The van der Waals surface area contributed by atoms with Crippen LogP contribution in [0.5, 0.6) is 11.5 Å². The predicted molar refractivity (Wildman–Crippen MR) is 77.3 cm³/mol. The number of rotatable bonds is 2. The Morgan fingerprint density at radius 2 is 1.32 bits per heavy atom. The van der Waals surface area contributed by atoms with Crippen molar-refractivity contribution in [1.29, 1.82) is 10.5 Å². The monoisotopic (exact) mass is 358 g/mol. The summed E-state index contributed by atoms with van der Waals surface area (Å²) in [6, 6.07) is 6.44. The van der Waals surface area contributed by atoms with Crippen molar-refractivity contribution in [3.8, 4) is 23.6 Å². The first kappa shape index (κ1) is 16.3. The van der Waals surface area contributed by atoms with E-state index in [0.717, 1.165) is 18.2 Å². The molecule has 2 aromatic rings. The number of nitrogens with zero attached hydrogens (tertiary/aromatic N) is 2. The maximum Gasteiger partial charge on any atom is 0.198 e. The molecule has 0 bridgehead atoms. The van der Waals surface area contributed by atoms with Gasteiger partial charge in [-0.2, -0.15) is 10.5 Å². The molecule has 0 unspecified atom stereocenters. The zero-order chi connectivity index (χ0) is 16.4. The van der Waals surface area contributed by atoms with Gasteiger partial charge in [0.25, 0.3) is 0 Å². The number of halogens is 5. The van der Waals surface area contributed by atoms with E-state index in [1.54, 1.807) is 12.1 Å². The van der Waals surface area contributed by atoms with Crippen molar-refractivity contribution >= 4 is 34.8 Å². The summed E-state index contributed by atoms with van der Waals surface area (Å²) in [5.41, 5.74) is -0.550. The molecule has 0 amide bonds. The van der Waals surface area contributed by atoms with Crippen LogP contribution in [0.3, 0.4) is 0 Å². The van der Waals surface area contributed by atoms with E-state index < -0.39 is 23.1 Å². The molecule has 0 saturated carbocycles. The highest BCUT2D eigenvalue weighted by molar-refractivity contribution is 6.46. The minimum Gasteiger partial charge on any atom is -0.448 e. The molecule has 0 saturated heterocycles. The lowest BCUT2D eigenvalue weighted by Crippen LogP contribution is -1.97. The van der Waals surface area contributed by atoms with Gasteiger partial charge in [-0.3, -0.25) is 0 Å². The molecule has 0 radical (unpaired) electrons. The Morgan fingerprint density at radius 3 is 1.82 bits per heavy atom. The van der Waals surface area contributed by atoms with Crippen LogP contribution in [0.15, 0.2) is 18.2 Å². The van der Waals surface area contributed by atoms with Gasteiger partial charge in [-0.05, 0) is 12.1 Å². The molecule has 0 aliphatic heterocycles. The molecule has 0 aliphatic carbocycles. The number of ether oxygens (including phenoxy) is 1. The molecule has 0 spiro atoms. The van der Waals surface area contributed by atoms with Crippen LogP contribution in [0, 0.1) is 34.3 Å². The second-order valence-electron chi connectivity index (χ2n) is 3.90. The topological polar surface area (TPSA) is 56.8 Å². The molecule has 8 heteroatoms. The van der Waals surface area contributed by atoms with Crippen LogP contribution in [-0.2, 0) is 0 Å². The molecule has 2 aromatic carbocycles. The standard InChI is InChI=1S/C14H3Cl3F2N2O/c15-10-6(4-20)7(5-21)11(16)14(12(10)17)22-13-8(18)2-1-3-9(13)19/h1-3H. The maximum absolute atomic E-state index is 13.6. The quantitative estimate of drug-likeness (QED) is 0.669. The first-order chi connectivity index (χ1) is 10.4. The van der Waals surface area contributed by atoms with Crippen LogP contribution in [0.25, 0.3) is 0 Å². The van der Waals surface area contributed by atoms with Gasteiger partial charge in [-0.1, -0.05) is 40.9 Å². The van der Waals surface area contributed by atoms with Crippen LogP contribution in [0.2, 0.25) is 15.1 Å². The number of benzene rings is 2. The van der Waals surface area contributed by atoms with Crippen LogP contribution in [0.4, 0.5) is 8.78 Å². The maximum atomic E-state index is 13.6. The predicted octanol–water partition coefficient (Wildman–Crippen LogP) is 5.46. The largest absolute Gasteiger partial charge is 0.448 e. The third-order valence-electron chi connectivity index (χ3n) is 2.63. The third-order valence-corrected chi connectivity index (χ3v) is 3.82. The Bertz CT molecular complexity index is 837. The Morgan fingerprint density at radius 1 is 0.818 bits per heavy atom. The van der Waals surface area contributed by atoms with Gasteiger partial charge in [-0.25, -0.2) is 8.78 Å². The fourth-order valence-corrected chi connectivity index (χ4v) is 2.39. The van der Waals surface area contributed by atoms with Crippen molar-refractivity contribution in [2.45, 2.75) is 0 Å². The summed E-state index contributed by atoms with van der Waals surface area (Å²) >= 11 is 17.7. The zero-order valence-electron chi connectivity index (χ0n) is 10.4. The molecule has 0 fully saturated rings. The molecule has 0 aromatic heterocycles.